The molecule has 9 heteroatoms. The van der Waals surface area contributed by atoms with Crippen molar-refractivity contribution in [2.45, 2.75) is 20.4 Å². The first kappa shape index (κ1) is 25.4. The number of rotatable bonds is 10. The Bertz CT molecular complexity index is 1150. The van der Waals surface area contributed by atoms with Gasteiger partial charge in [-0.1, -0.05) is 0 Å². The second kappa shape index (κ2) is 12.8. The van der Waals surface area contributed by atoms with Crippen molar-refractivity contribution in [2.24, 2.45) is 4.99 Å². The molecule has 0 atom stereocenters. The molecule has 0 saturated carbocycles. The zero-order valence-corrected chi connectivity index (χ0v) is 20.3. The molecule has 0 fully saturated rings. The topological polar surface area (TPSA) is 103 Å². The molecule has 0 unspecified atom stereocenters. The van der Waals surface area contributed by atoms with E-state index in [1.807, 2.05) is 26.0 Å². The van der Waals surface area contributed by atoms with Crippen LogP contribution in [0.3, 0.4) is 0 Å². The summed E-state index contributed by atoms with van der Waals surface area (Å²) in [5, 5.41) is 6.01. The van der Waals surface area contributed by atoms with Gasteiger partial charge in [0.15, 0.2) is 23.0 Å². The van der Waals surface area contributed by atoms with Crippen LogP contribution in [0.5, 0.6) is 23.0 Å². The average molecular weight is 479 g/mol. The molecule has 9 nitrogen and oxygen atoms in total. The lowest BCUT2D eigenvalue weighted by atomic mass is 10.2. The summed E-state index contributed by atoms with van der Waals surface area (Å²) in [4.78, 5) is 21.7. The number of nitrogens with zero attached hydrogens (tertiary/aromatic N) is 2. The number of aromatic nitrogens is 1. The Morgan fingerprint density at radius 3 is 2.23 bits per heavy atom. The molecule has 2 aromatic carbocycles. The molecule has 1 amide bonds. The number of ether oxygens (including phenoxy) is 4. The summed E-state index contributed by atoms with van der Waals surface area (Å²) in [5.41, 5.74) is 2.02. The molecule has 35 heavy (non-hydrogen) atoms. The van der Waals surface area contributed by atoms with Crippen LogP contribution in [0.2, 0.25) is 0 Å². The molecule has 3 rings (SSSR count). The molecule has 2 N–H and O–H groups in total. The van der Waals surface area contributed by atoms with E-state index < -0.39 is 0 Å². The number of carbonyl (C=O) groups excluding carboxylic acids is 1. The van der Waals surface area contributed by atoms with Crippen molar-refractivity contribution in [3.05, 3.63) is 72.1 Å². The van der Waals surface area contributed by atoms with Crippen LogP contribution in [0.4, 0.5) is 5.69 Å². The lowest BCUT2D eigenvalue weighted by Crippen LogP contribution is -2.36. The van der Waals surface area contributed by atoms with Gasteiger partial charge < -0.3 is 24.3 Å². The van der Waals surface area contributed by atoms with Gasteiger partial charge in [0.1, 0.15) is 0 Å². The van der Waals surface area contributed by atoms with Crippen LogP contribution in [0.25, 0.3) is 0 Å². The summed E-state index contributed by atoms with van der Waals surface area (Å²) < 4.78 is 21.9. The van der Waals surface area contributed by atoms with E-state index in [0.29, 0.717) is 54.0 Å². The molecule has 3 aromatic rings. The predicted molar refractivity (Wildman–Crippen MR) is 135 cm³/mol. The van der Waals surface area contributed by atoms with Crippen molar-refractivity contribution < 1.29 is 23.7 Å². The van der Waals surface area contributed by atoms with Gasteiger partial charge in [-0.2, -0.15) is 0 Å². The molecular formula is C26H30N4O5. The fourth-order valence-electron chi connectivity index (χ4n) is 3.19. The minimum Gasteiger partial charge on any atom is -0.493 e. The number of anilines is 1. The molecule has 1 aromatic heterocycles. The minimum atomic E-state index is -0.351. The maximum atomic E-state index is 13.1. The van der Waals surface area contributed by atoms with Crippen LogP contribution < -0.4 is 29.6 Å². The smallest absolute Gasteiger partial charge is 0.258 e. The SMILES string of the molecule is CCOc1ccc(C(=O)NC(=NCc2ccncc2)Nc2ccc(OC)c(OC)c2)cc1OCC. The predicted octanol–water partition coefficient (Wildman–Crippen LogP) is 4.29. The lowest BCUT2D eigenvalue weighted by molar-refractivity contribution is 0.0976. The maximum Gasteiger partial charge on any atom is 0.258 e. The maximum absolute atomic E-state index is 13.1. The largest absolute Gasteiger partial charge is 0.493 e. The number of carbonyl (C=O) groups is 1. The van der Waals surface area contributed by atoms with Gasteiger partial charge in [0.05, 0.1) is 34.0 Å². The van der Waals surface area contributed by atoms with Gasteiger partial charge in [-0.15, -0.1) is 0 Å². The third-order valence-corrected chi connectivity index (χ3v) is 4.85. The van der Waals surface area contributed by atoms with Crippen LogP contribution in [-0.2, 0) is 6.54 Å². The zero-order valence-electron chi connectivity index (χ0n) is 20.3. The monoisotopic (exact) mass is 478 g/mol. The van der Waals surface area contributed by atoms with Gasteiger partial charge in [0.25, 0.3) is 5.91 Å². The van der Waals surface area contributed by atoms with Crippen molar-refractivity contribution in [2.75, 3.05) is 32.8 Å². The number of aliphatic imine (C=N–C) groups is 1. The van der Waals surface area contributed by atoms with E-state index in [0.717, 1.165) is 5.56 Å². The van der Waals surface area contributed by atoms with Gasteiger partial charge in [-0.05, 0) is 61.9 Å². The summed E-state index contributed by atoms with van der Waals surface area (Å²) >= 11 is 0. The molecule has 0 aliphatic heterocycles. The fraction of sp³-hybridized carbons (Fsp3) is 0.269. The number of pyridine rings is 1. The van der Waals surface area contributed by atoms with E-state index >= 15 is 0 Å². The molecule has 0 saturated heterocycles. The second-order valence-corrected chi connectivity index (χ2v) is 7.20. The number of hydrogen-bond donors (Lipinski definition) is 2. The first-order valence-corrected chi connectivity index (χ1v) is 11.2. The highest BCUT2D eigenvalue weighted by Crippen LogP contribution is 2.30. The fourth-order valence-corrected chi connectivity index (χ4v) is 3.19. The standard InChI is InChI=1S/C26H30N4O5/c1-5-34-22-9-7-19(15-24(22)35-6-2)25(31)30-26(28-17-18-11-13-27-14-12-18)29-20-8-10-21(32-3)23(16-20)33-4/h7-16H,5-6,17H2,1-4H3,(H2,28,29,30,31). The highest BCUT2D eigenvalue weighted by atomic mass is 16.5. The van der Waals surface area contributed by atoms with E-state index in [2.05, 4.69) is 20.6 Å². The highest BCUT2D eigenvalue weighted by Gasteiger charge is 2.14. The summed E-state index contributed by atoms with van der Waals surface area (Å²) in [6.45, 7) is 5.05. The first-order chi connectivity index (χ1) is 17.1. The Morgan fingerprint density at radius 1 is 0.857 bits per heavy atom. The molecule has 0 aliphatic rings. The molecule has 0 radical (unpaired) electrons. The highest BCUT2D eigenvalue weighted by molar-refractivity contribution is 6.10. The Balaban J connectivity index is 1.86. The van der Waals surface area contributed by atoms with E-state index in [9.17, 15) is 4.79 Å². The summed E-state index contributed by atoms with van der Waals surface area (Å²) in [5.74, 6) is 2.15. The number of benzene rings is 2. The Kier molecular flexibility index (Phi) is 9.30. The van der Waals surface area contributed by atoms with Gasteiger partial charge in [0.2, 0.25) is 5.96 Å². The summed E-state index contributed by atoms with van der Waals surface area (Å²) in [7, 11) is 3.13. The normalized spacial score (nSPS) is 10.9. The third-order valence-electron chi connectivity index (χ3n) is 4.85. The zero-order chi connectivity index (χ0) is 25.0. The lowest BCUT2D eigenvalue weighted by Gasteiger charge is -2.15. The van der Waals surface area contributed by atoms with Crippen LogP contribution in [0.15, 0.2) is 65.9 Å². The van der Waals surface area contributed by atoms with Crippen LogP contribution >= 0.6 is 0 Å². The van der Waals surface area contributed by atoms with Gasteiger partial charge in [-0.25, -0.2) is 4.99 Å². The number of hydrogen-bond acceptors (Lipinski definition) is 7. The Hall–Kier alpha value is -4.27. The molecule has 1 heterocycles. The number of nitrogens with one attached hydrogen (secondary N) is 2. The minimum absolute atomic E-state index is 0.269. The molecule has 0 bridgehead atoms. The van der Waals surface area contributed by atoms with Gasteiger partial charge in [-0.3, -0.25) is 15.1 Å². The van der Waals surface area contributed by atoms with E-state index in [1.54, 1.807) is 63.0 Å². The van der Waals surface area contributed by atoms with Crippen LogP contribution in [0.1, 0.15) is 29.8 Å². The number of methoxy groups -OCH3 is 2. The number of amides is 1. The van der Waals surface area contributed by atoms with Crippen molar-refractivity contribution in [1.29, 1.82) is 0 Å². The second-order valence-electron chi connectivity index (χ2n) is 7.20. The molecule has 0 spiro atoms. The van der Waals surface area contributed by atoms with Gasteiger partial charge >= 0.3 is 0 Å². The third kappa shape index (κ3) is 7.10. The first-order valence-electron chi connectivity index (χ1n) is 11.2. The van der Waals surface area contributed by atoms with Crippen molar-refractivity contribution >= 4 is 17.6 Å². The summed E-state index contributed by atoms with van der Waals surface area (Å²) in [6.07, 6.45) is 3.39. The molecular weight excluding hydrogens is 448 g/mol. The molecule has 184 valence electrons. The van der Waals surface area contributed by atoms with Crippen LogP contribution in [-0.4, -0.2) is 44.3 Å². The van der Waals surface area contributed by atoms with Crippen LogP contribution in [0, 0.1) is 0 Å². The Labute approximate surface area is 205 Å². The van der Waals surface area contributed by atoms with Crippen molar-refractivity contribution in [3.63, 3.8) is 0 Å². The quantitative estimate of drug-likeness (QED) is 0.331. The van der Waals surface area contributed by atoms with Gasteiger partial charge in [0, 0.05) is 29.7 Å². The van der Waals surface area contributed by atoms with Crippen molar-refractivity contribution in [3.8, 4) is 23.0 Å². The average Bonchev–Trinajstić information content (AvgIpc) is 2.89. The van der Waals surface area contributed by atoms with E-state index in [4.69, 9.17) is 18.9 Å². The van der Waals surface area contributed by atoms with Crippen molar-refractivity contribution in [1.82, 2.24) is 10.3 Å². The summed E-state index contributed by atoms with van der Waals surface area (Å²) in [6, 6.07) is 14.1. The Morgan fingerprint density at radius 2 is 1.54 bits per heavy atom. The van der Waals surface area contributed by atoms with E-state index in [1.165, 1.54) is 0 Å². The van der Waals surface area contributed by atoms with E-state index in [-0.39, 0.29) is 11.9 Å². The number of guanidine groups is 1. The molecule has 0 aliphatic carbocycles.